The summed E-state index contributed by atoms with van der Waals surface area (Å²) in [6, 6.07) is 0. The summed E-state index contributed by atoms with van der Waals surface area (Å²) in [4.78, 5) is 0. The van der Waals surface area contributed by atoms with Gasteiger partial charge in [0.15, 0.2) is 9.84 Å². The molecule has 0 unspecified atom stereocenters. The SMILES string of the molecule is COCCCNCCS(=O)(=O)C1CCCCC1. The molecule has 1 aliphatic rings. The van der Waals surface area contributed by atoms with Crippen molar-refractivity contribution < 1.29 is 13.2 Å². The topological polar surface area (TPSA) is 55.4 Å². The quantitative estimate of drug-likeness (QED) is 0.672. The highest BCUT2D eigenvalue weighted by molar-refractivity contribution is 7.92. The Bertz CT molecular complexity index is 284. The molecule has 0 aromatic carbocycles. The molecule has 1 rings (SSSR count). The third-order valence-electron chi connectivity index (χ3n) is 3.33. The Morgan fingerprint density at radius 2 is 1.88 bits per heavy atom. The van der Waals surface area contributed by atoms with E-state index in [1.807, 2.05) is 0 Å². The van der Waals surface area contributed by atoms with Gasteiger partial charge in [0, 0.05) is 20.3 Å². The molecule has 0 bridgehead atoms. The first-order chi connectivity index (χ1) is 8.17. The molecule has 1 fully saturated rings. The zero-order valence-corrected chi connectivity index (χ0v) is 11.6. The van der Waals surface area contributed by atoms with Crippen molar-refractivity contribution in [2.75, 3.05) is 32.6 Å². The van der Waals surface area contributed by atoms with E-state index in [9.17, 15) is 8.42 Å². The summed E-state index contributed by atoms with van der Waals surface area (Å²) >= 11 is 0. The monoisotopic (exact) mass is 263 g/mol. The molecular formula is C12H25NO3S. The Morgan fingerprint density at radius 3 is 2.53 bits per heavy atom. The minimum Gasteiger partial charge on any atom is -0.385 e. The van der Waals surface area contributed by atoms with Crippen molar-refractivity contribution in [2.45, 2.75) is 43.8 Å². The Hall–Kier alpha value is -0.130. The first-order valence-electron chi connectivity index (χ1n) is 6.58. The van der Waals surface area contributed by atoms with E-state index in [0.717, 1.165) is 45.3 Å². The van der Waals surface area contributed by atoms with E-state index < -0.39 is 9.84 Å². The first kappa shape index (κ1) is 14.9. The molecule has 0 amide bonds. The molecule has 0 heterocycles. The number of nitrogens with one attached hydrogen (secondary N) is 1. The van der Waals surface area contributed by atoms with Crippen molar-refractivity contribution in [3.63, 3.8) is 0 Å². The van der Waals surface area contributed by atoms with Crippen molar-refractivity contribution in [1.29, 1.82) is 0 Å². The molecular weight excluding hydrogens is 238 g/mol. The van der Waals surface area contributed by atoms with Crippen molar-refractivity contribution >= 4 is 9.84 Å². The summed E-state index contributed by atoms with van der Waals surface area (Å²) in [5.74, 6) is 0.282. The Morgan fingerprint density at radius 1 is 1.18 bits per heavy atom. The number of methoxy groups -OCH3 is 1. The highest BCUT2D eigenvalue weighted by Gasteiger charge is 2.26. The highest BCUT2D eigenvalue weighted by Crippen LogP contribution is 2.23. The van der Waals surface area contributed by atoms with Gasteiger partial charge in [-0.1, -0.05) is 19.3 Å². The van der Waals surface area contributed by atoms with E-state index in [2.05, 4.69) is 5.32 Å². The fraction of sp³-hybridized carbons (Fsp3) is 1.00. The van der Waals surface area contributed by atoms with Gasteiger partial charge in [-0.3, -0.25) is 0 Å². The number of ether oxygens (including phenoxy) is 1. The van der Waals surface area contributed by atoms with Gasteiger partial charge in [-0.15, -0.1) is 0 Å². The van der Waals surface area contributed by atoms with Crippen molar-refractivity contribution in [1.82, 2.24) is 5.32 Å². The maximum Gasteiger partial charge on any atom is 0.154 e. The van der Waals surface area contributed by atoms with Crippen LogP contribution in [-0.2, 0) is 14.6 Å². The summed E-state index contributed by atoms with van der Waals surface area (Å²) in [6.45, 7) is 2.12. The van der Waals surface area contributed by atoms with Crippen LogP contribution in [0.25, 0.3) is 0 Å². The third-order valence-corrected chi connectivity index (χ3v) is 5.59. The van der Waals surface area contributed by atoms with Gasteiger partial charge in [0.25, 0.3) is 0 Å². The molecule has 1 aliphatic carbocycles. The van der Waals surface area contributed by atoms with E-state index in [4.69, 9.17) is 4.74 Å². The van der Waals surface area contributed by atoms with Crippen LogP contribution in [0.2, 0.25) is 0 Å². The van der Waals surface area contributed by atoms with Gasteiger partial charge in [0.05, 0.1) is 11.0 Å². The zero-order chi connectivity index (χ0) is 12.6. The van der Waals surface area contributed by atoms with Gasteiger partial charge in [0.1, 0.15) is 0 Å². The molecule has 0 aliphatic heterocycles. The summed E-state index contributed by atoms with van der Waals surface area (Å²) in [5, 5.41) is 3.08. The molecule has 0 atom stereocenters. The normalized spacial score (nSPS) is 18.4. The van der Waals surface area contributed by atoms with Gasteiger partial charge < -0.3 is 10.1 Å². The van der Waals surface area contributed by atoms with Crippen LogP contribution in [0.3, 0.4) is 0 Å². The van der Waals surface area contributed by atoms with Crippen LogP contribution in [0.15, 0.2) is 0 Å². The fourth-order valence-corrected chi connectivity index (χ4v) is 4.09. The minimum absolute atomic E-state index is 0.0722. The van der Waals surface area contributed by atoms with Crippen LogP contribution in [0, 0.1) is 0 Å². The van der Waals surface area contributed by atoms with Crippen molar-refractivity contribution in [2.24, 2.45) is 0 Å². The average molecular weight is 263 g/mol. The van der Waals surface area contributed by atoms with E-state index >= 15 is 0 Å². The summed E-state index contributed by atoms with van der Waals surface area (Å²) in [6.07, 6.45) is 6.01. The number of rotatable bonds is 8. The van der Waals surface area contributed by atoms with Gasteiger partial charge in [0.2, 0.25) is 0 Å². The van der Waals surface area contributed by atoms with E-state index in [1.54, 1.807) is 7.11 Å². The predicted octanol–water partition coefficient (Wildman–Crippen LogP) is 1.36. The van der Waals surface area contributed by atoms with Gasteiger partial charge in [-0.05, 0) is 25.8 Å². The van der Waals surface area contributed by atoms with E-state index in [0.29, 0.717) is 6.54 Å². The maximum atomic E-state index is 12.0. The lowest BCUT2D eigenvalue weighted by Crippen LogP contribution is -2.32. The number of hydrogen-bond acceptors (Lipinski definition) is 4. The van der Waals surface area contributed by atoms with Crippen LogP contribution in [0.1, 0.15) is 38.5 Å². The summed E-state index contributed by atoms with van der Waals surface area (Å²) < 4.78 is 28.9. The molecule has 0 aromatic heterocycles. The summed E-state index contributed by atoms with van der Waals surface area (Å²) in [7, 11) is -1.20. The molecule has 5 heteroatoms. The lowest BCUT2D eigenvalue weighted by Gasteiger charge is -2.21. The van der Waals surface area contributed by atoms with Crippen molar-refractivity contribution in [3.05, 3.63) is 0 Å². The van der Waals surface area contributed by atoms with E-state index in [-0.39, 0.29) is 11.0 Å². The van der Waals surface area contributed by atoms with Gasteiger partial charge >= 0.3 is 0 Å². The molecule has 102 valence electrons. The summed E-state index contributed by atoms with van der Waals surface area (Å²) in [5.41, 5.74) is 0. The smallest absolute Gasteiger partial charge is 0.154 e. The Balaban J connectivity index is 2.15. The second-order valence-electron chi connectivity index (χ2n) is 4.72. The molecule has 0 aromatic rings. The molecule has 1 N–H and O–H groups in total. The van der Waals surface area contributed by atoms with Gasteiger partial charge in [-0.2, -0.15) is 0 Å². The van der Waals surface area contributed by atoms with Crippen LogP contribution >= 0.6 is 0 Å². The molecule has 4 nitrogen and oxygen atoms in total. The van der Waals surface area contributed by atoms with Crippen LogP contribution in [0.4, 0.5) is 0 Å². The third kappa shape index (κ3) is 5.84. The van der Waals surface area contributed by atoms with E-state index in [1.165, 1.54) is 6.42 Å². The predicted molar refractivity (Wildman–Crippen MR) is 70.0 cm³/mol. The maximum absolute atomic E-state index is 12.0. The second kappa shape index (κ2) is 8.06. The largest absolute Gasteiger partial charge is 0.385 e. The Labute approximate surface area is 105 Å². The van der Waals surface area contributed by atoms with Crippen LogP contribution in [-0.4, -0.2) is 46.2 Å². The molecule has 0 radical (unpaired) electrons. The molecule has 17 heavy (non-hydrogen) atoms. The number of hydrogen-bond donors (Lipinski definition) is 1. The van der Waals surface area contributed by atoms with Gasteiger partial charge in [-0.25, -0.2) is 8.42 Å². The highest BCUT2D eigenvalue weighted by atomic mass is 32.2. The average Bonchev–Trinajstić information content (AvgIpc) is 2.35. The molecule has 0 spiro atoms. The second-order valence-corrected chi connectivity index (χ2v) is 7.12. The van der Waals surface area contributed by atoms with Crippen molar-refractivity contribution in [3.8, 4) is 0 Å². The van der Waals surface area contributed by atoms with Crippen LogP contribution in [0.5, 0.6) is 0 Å². The van der Waals surface area contributed by atoms with Crippen LogP contribution < -0.4 is 5.32 Å². The fourth-order valence-electron chi connectivity index (χ4n) is 2.27. The minimum atomic E-state index is -2.87. The molecule has 1 saturated carbocycles. The number of sulfone groups is 1. The zero-order valence-electron chi connectivity index (χ0n) is 10.8. The first-order valence-corrected chi connectivity index (χ1v) is 8.29. The standard InChI is InChI=1S/C12H25NO3S/c1-16-10-5-8-13-9-11-17(14,15)12-6-3-2-4-7-12/h12-13H,2-11H2,1H3. The Kier molecular flexibility index (Phi) is 7.08. The lowest BCUT2D eigenvalue weighted by molar-refractivity contribution is 0.194. The molecule has 0 saturated heterocycles. The lowest BCUT2D eigenvalue weighted by atomic mass is 10.0.